The maximum Gasteiger partial charge on any atom is 0.291 e. The summed E-state index contributed by atoms with van der Waals surface area (Å²) in [6, 6.07) is 18.8. The molecule has 0 aliphatic heterocycles. The molecular weight excluding hydrogens is 398 g/mol. The van der Waals surface area contributed by atoms with Crippen molar-refractivity contribution in [2.45, 2.75) is 13.0 Å². The maximum absolute atomic E-state index is 12.9. The minimum atomic E-state index is -0.373. The van der Waals surface area contributed by atoms with E-state index in [0.717, 1.165) is 16.2 Å². The van der Waals surface area contributed by atoms with Crippen LogP contribution in [0, 0.1) is 0 Å². The zero-order valence-electron chi connectivity index (χ0n) is 16.0. The number of carbonyl (C=O) groups is 1. The fourth-order valence-electron chi connectivity index (χ4n) is 3.20. The monoisotopic (exact) mass is 415 g/mol. The quantitative estimate of drug-likeness (QED) is 0.474. The highest BCUT2D eigenvalue weighted by Gasteiger charge is 2.22. The molecule has 1 aromatic carbocycles. The van der Waals surface area contributed by atoms with Crippen LogP contribution >= 0.6 is 11.3 Å². The summed E-state index contributed by atoms with van der Waals surface area (Å²) in [6.45, 7) is 1.86. The van der Waals surface area contributed by atoms with Crippen LogP contribution in [-0.2, 0) is 0 Å². The van der Waals surface area contributed by atoms with Gasteiger partial charge in [0.2, 0.25) is 5.82 Å². The number of amides is 1. The van der Waals surface area contributed by atoms with Crippen LogP contribution in [-0.4, -0.2) is 35.3 Å². The van der Waals surface area contributed by atoms with Crippen LogP contribution in [0.15, 0.2) is 72.2 Å². The number of rotatable bonds is 5. The number of pyridine rings is 1. The molecule has 4 heterocycles. The van der Waals surface area contributed by atoms with E-state index in [2.05, 4.69) is 25.6 Å². The van der Waals surface area contributed by atoms with Crippen molar-refractivity contribution in [3.8, 4) is 16.4 Å². The minimum absolute atomic E-state index is 0.0999. The highest BCUT2D eigenvalue weighted by molar-refractivity contribution is 7.13. The summed E-state index contributed by atoms with van der Waals surface area (Å²) in [5.41, 5.74) is 1.56. The van der Waals surface area contributed by atoms with Gasteiger partial charge in [-0.3, -0.25) is 9.20 Å². The Bertz CT molecular complexity index is 1310. The van der Waals surface area contributed by atoms with E-state index in [1.54, 1.807) is 16.0 Å². The Balaban J connectivity index is 1.47. The molecule has 148 valence electrons. The van der Waals surface area contributed by atoms with Crippen molar-refractivity contribution in [1.82, 2.24) is 34.7 Å². The Hall–Kier alpha value is -3.85. The lowest BCUT2D eigenvalue weighted by Gasteiger charge is -2.10. The van der Waals surface area contributed by atoms with Gasteiger partial charge >= 0.3 is 0 Å². The van der Waals surface area contributed by atoms with Crippen molar-refractivity contribution in [2.75, 3.05) is 0 Å². The minimum Gasteiger partial charge on any atom is -0.339 e. The molecule has 0 saturated carbocycles. The van der Waals surface area contributed by atoms with Crippen molar-refractivity contribution in [3.05, 3.63) is 83.9 Å². The highest BCUT2D eigenvalue weighted by atomic mass is 32.1. The summed E-state index contributed by atoms with van der Waals surface area (Å²) >= 11 is 1.55. The highest BCUT2D eigenvalue weighted by Crippen LogP contribution is 2.25. The first-order valence-corrected chi connectivity index (χ1v) is 10.3. The molecule has 0 saturated heterocycles. The summed E-state index contributed by atoms with van der Waals surface area (Å²) in [5, 5.41) is 17.7. The Labute approximate surface area is 175 Å². The zero-order valence-corrected chi connectivity index (χ0v) is 16.8. The number of fused-ring (bicyclic) bond motifs is 1. The van der Waals surface area contributed by atoms with E-state index in [1.807, 2.05) is 83.6 Å². The number of para-hydroxylation sites is 1. The third kappa shape index (κ3) is 3.25. The first-order chi connectivity index (χ1) is 14.7. The topological polar surface area (TPSA) is 90.0 Å². The van der Waals surface area contributed by atoms with Crippen molar-refractivity contribution >= 4 is 22.9 Å². The van der Waals surface area contributed by atoms with E-state index in [1.165, 1.54) is 0 Å². The van der Waals surface area contributed by atoms with Crippen LogP contribution < -0.4 is 5.32 Å². The van der Waals surface area contributed by atoms with Gasteiger partial charge in [-0.15, -0.1) is 26.6 Å². The van der Waals surface area contributed by atoms with Crippen molar-refractivity contribution in [2.24, 2.45) is 0 Å². The second-order valence-corrected chi connectivity index (χ2v) is 7.61. The van der Waals surface area contributed by atoms with E-state index < -0.39 is 0 Å². The largest absolute Gasteiger partial charge is 0.339 e. The number of carbonyl (C=O) groups excluding carboxylic acids is 1. The van der Waals surface area contributed by atoms with Crippen LogP contribution in [0.3, 0.4) is 0 Å². The molecule has 1 atom stereocenters. The predicted octanol–water partition coefficient (Wildman–Crippen LogP) is 3.53. The average Bonchev–Trinajstić information content (AvgIpc) is 3.53. The number of hydrogen-bond donors (Lipinski definition) is 1. The molecule has 5 rings (SSSR count). The summed E-state index contributed by atoms with van der Waals surface area (Å²) < 4.78 is 3.54. The molecule has 0 aliphatic carbocycles. The molecule has 30 heavy (non-hydrogen) atoms. The molecular formula is C21H17N7OS. The van der Waals surface area contributed by atoms with Gasteiger partial charge in [0.05, 0.1) is 16.6 Å². The molecule has 0 radical (unpaired) electrons. The lowest BCUT2D eigenvalue weighted by Crippen LogP contribution is -2.29. The molecule has 8 nitrogen and oxygen atoms in total. The summed E-state index contributed by atoms with van der Waals surface area (Å²) in [5.74, 6) is 0.993. The molecule has 0 aliphatic rings. The number of benzene rings is 1. The molecule has 1 amide bonds. The molecule has 9 heteroatoms. The Morgan fingerprint density at radius 3 is 2.67 bits per heavy atom. The van der Waals surface area contributed by atoms with Gasteiger partial charge in [-0.05, 0) is 42.6 Å². The Morgan fingerprint density at radius 2 is 1.87 bits per heavy atom. The molecule has 0 spiro atoms. The number of aromatic nitrogens is 6. The van der Waals surface area contributed by atoms with Gasteiger partial charge in [-0.25, -0.2) is 9.67 Å². The van der Waals surface area contributed by atoms with Crippen molar-refractivity contribution in [1.29, 1.82) is 0 Å². The lowest BCUT2D eigenvalue weighted by molar-refractivity contribution is 0.0927. The van der Waals surface area contributed by atoms with Gasteiger partial charge < -0.3 is 5.32 Å². The Morgan fingerprint density at radius 1 is 1.03 bits per heavy atom. The number of thiophene rings is 1. The molecule has 0 bridgehead atoms. The molecule has 1 unspecified atom stereocenters. The van der Waals surface area contributed by atoms with Gasteiger partial charge in [-0.2, -0.15) is 0 Å². The average molecular weight is 415 g/mol. The first kappa shape index (κ1) is 18.2. The third-order valence-corrected chi connectivity index (χ3v) is 5.49. The maximum atomic E-state index is 12.9. The number of nitrogens with zero attached hydrogens (tertiary/aromatic N) is 6. The normalized spacial score (nSPS) is 12.2. The summed E-state index contributed by atoms with van der Waals surface area (Å²) in [6.07, 6.45) is 1.87. The van der Waals surface area contributed by atoms with E-state index in [0.29, 0.717) is 11.6 Å². The standard InChI is InChI=1S/C21H17N7OS/c1-14(19-25-24-17-11-5-6-12-27(17)19)22-21(29)18-23-20(16-10-7-13-30-16)28(26-18)15-8-3-2-4-9-15/h2-14H,1H3,(H,22,29). The van der Waals surface area contributed by atoms with Crippen LogP contribution in [0.5, 0.6) is 0 Å². The molecule has 1 N–H and O–H groups in total. The zero-order chi connectivity index (χ0) is 20.5. The molecule has 0 fully saturated rings. The van der Waals surface area contributed by atoms with E-state index in [9.17, 15) is 4.79 Å². The van der Waals surface area contributed by atoms with Gasteiger partial charge in [0, 0.05) is 6.20 Å². The summed E-state index contributed by atoms with van der Waals surface area (Å²) in [7, 11) is 0. The smallest absolute Gasteiger partial charge is 0.291 e. The lowest BCUT2D eigenvalue weighted by atomic mass is 10.3. The summed E-state index contributed by atoms with van der Waals surface area (Å²) in [4.78, 5) is 18.4. The molecule has 4 aromatic heterocycles. The molecule has 5 aromatic rings. The van der Waals surface area contributed by atoms with Crippen LogP contribution in [0.1, 0.15) is 29.4 Å². The number of nitrogens with one attached hydrogen (secondary N) is 1. The van der Waals surface area contributed by atoms with Gasteiger partial charge in [0.25, 0.3) is 5.91 Å². The predicted molar refractivity (Wildman–Crippen MR) is 114 cm³/mol. The first-order valence-electron chi connectivity index (χ1n) is 9.37. The van der Waals surface area contributed by atoms with E-state index in [-0.39, 0.29) is 17.8 Å². The van der Waals surface area contributed by atoms with Gasteiger partial charge in [0.15, 0.2) is 17.3 Å². The van der Waals surface area contributed by atoms with E-state index in [4.69, 9.17) is 0 Å². The van der Waals surface area contributed by atoms with Crippen molar-refractivity contribution < 1.29 is 4.79 Å². The van der Waals surface area contributed by atoms with Crippen LogP contribution in [0.25, 0.3) is 22.0 Å². The van der Waals surface area contributed by atoms with Gasteiger partial charge in [0.1, 0.15) is 0 Å². The van der Waals surface area contributed by atoms with Crippen LogP contribution in [0.2, 0.25) is 0 Å². The SMILES string of the molecule is CC(NC(=O)c1nc(-c2cccs2)n(-c2ccccc2)n1)c1nnc2ccccn12. The fourth-order valence-corrected chi connectivity index (χ4v) is 3.90. The number of hydrogen-bond acceptors (Lipinski definition) is 6. The second kappa shape index (κ2) is 7.53. The van der Waals surface area contributed by atoms with Crippen molar-refractivity contribution in [3.63, 3.8) is 0 Å². The third-order valence-electron chi connectivity index (χ3n) is 4.63. The van der Waals surface area contributed by atoms with Gasteiger partial charge in [-0.1, -0.05) is 30.3 Å². The van der Waals surface area contributed by atoms with E-state index >= 15 is 0 Å². The fraction of sp³-hybridized carbons (Fsp3) is 0.0952. The van der Waals surface area contributed by atoms with Crippen LogP contribution in [0.4, 0.5) is 0 Å². The second-order valence-electron chi connectivity index (χ2n) is 6.67. The Kier molecular flexibility index (Phi) is 4.56.